The summed E-state index contributed by atoms with van der Waals surface area (Å²) in [6.45, 7) is 2.05. The summed E-state index contributed by atoms with van der Waals surface area (Å²) in [5, 5.41) is 3.66. The summed E-state index contributed by atoms with van der Waals surface area (Å²) in [6, 6.07) is 7.23. The molecule has 0 saturated carbocycles. The van der Waals surface area contributed by atoms with E-state index in [4.69, 9.17) is 9.47 Å². The molecule has 0 unspecified atom stereocenters. The lowest BCUT2D eigenvalue weighted by Gasteiger charge is -2.27. The van der Waals surface area contributed by atoms with E-state index in [0.717, 1.165) is 23.9 Å². The molecule has 144 valence electrons. The third kappa shape index (κ3) is 5.26. The molecule has 1 aromatic heterocycles. The van der Waals surface area contributed by atoms with Gasteiger partial charge in [-0.15, -0.1) is 0 Å². The molecule has 0 spiro atoms. The predicted molar refractivity (Wildman–Crippen MR) is 107 cm³/mol. The largest absolute Gasteiger partial charge is 0.497 e. The van der Waals surface area contributed by atoms with Gasteiger partial charge in [0.1, 0.15) is 28.7 Å². The molecular formula is C19H24N4O3S. The smallest absolute Gasteiger partial charge is 0.234 e. The fraction of sp³-hybridized carbons (Fsp3) is 0.421. The first kappa shape index (κ1) is 19.3. The lowest BCUT2D eigenvalue weighted by Crippen LogP contribution is -2.30. The Morgan fingerprint density at radius 3 is 2.70 bits per heavy atom. The van der Waals surface area contributed by atoms with Crippen LogP contribution in [-0.4, -0.2) is 48.9 Å². The van der Waals surface area contributed by atoms with Crippen LogP contribution in [0.3, 0.4) is 0 Å². The van der Waals surface area contributed by atoms with Crippen LogP contribution < -0.4 is 19.7 Å². The Morgan fingerprint density at radius 2 is 1.96 bits per heavy atom. The summed E-state index contributed by atoms with van der Waals surface area (Å²) in [5.74, 6) is 2.30. The van der Waals surface area contributed by atoms with Crippen LogP contribution in [0.5, 0.6) is 11.5 Å². The molecule has 1 aliphatic heterocycles. The van der Waals surface area contributed by atoms with Crippen molar-refractivity contribution in [2.75, 3.05) is 43.3 Å². The average molecular weight is 388 g/mol. The first-order valence-corrected chi connectivity index (χ1v) is 9.90. The van der Waals surface area contributed by atoms with Crippen LogP contribution in [0.15, 0.2) is 35.6 Å². The standard InChI is InChI=1S/C19H24N4O3S/c1-25-14-6-7-15(16(10-14)26-2)22-18(24)12-27-19-11-17(20-13-21-19)23-8-4-3-5-9-23/h6-7,10-11,13H,3-5,8-9,12H2,1-2H3,(H,22,24). The highest BCUT2D eigenvalue weighted by molar-refractivity contribution is 7.99. The number of carbonyl (C=O) groups excluding carboxylic acids is 1. The number of rotatable bonds is 7. The molecule has 0 atom stereocenters. The maximum atomic E-state index is 12.3. The average Bonchev–Trinajstić information content (AvgIpc) is 2.73. The lowest BCUT2D eigenvalue weighted by molar-refractivity contribution is -0.113. The fourth-order valence-corrected chi connectivity index (χ4v) is 3.59. The normalized spacial score (nSPS) is 13.9. The van der Waals surface area contributed by atoms with Gasteiger partial charge in [-0.25, -0.2) is 9.97 Å². The molecular weight excluding hydrogens is 364 g/mol. The van der Waals surface area contributed by atoms with Gasteiger partial charge in [-0.1, -0.05) is 11.8 Å². The number of carbonyl (C=O) groups is 1. The van der Waals surface area contributed by atoms with Crippen molar-refractivity contribution in [3.8, 4) is 11.5 Å². The van der Waals surface area contributed by atoms with Gasteiger partial charge in [-0.05, 0) is 31.4 Å². The Kier molecular flexibility index (Phi) is 6.75. The molecule has 0 radical (unpaired) electrons. The number of nitrogens with zero attached hydrogens (tertiary/aromatic N) is 3. The summed E-state index contributed by atoms with van der Waals surface area (Å²) in [7, 11) is 3.14. The molecule has 1 aromatic carbocycles. The van der Waals surface area contributed by atoms with Gasteiger partial charge in [0.05, 0.1) is 25.7 Å². The molecule has 3 rings (SSSR count). The van der Waals surface area contributed by atoms with Gasteiger partial charge in [0.2, 0.25) is 5.91 Å². The Balaban J connectivity index is 1.58. The van der Waals surface area contributed by atoms with Crippen molar-refractivity contribution in [1.29, 1.82) is 0 Å². The van der Waals surface area contributed by atoms with Gasteiger partial charge in [-0.2, -0.15) is 0 Å². The van der Waals surface area contributed by atoms with E-state index in [9.17, 15) is 4.79 Å². The summed E-state index contributed by atoms with van der Waals surface area (Å²) in [5.41, 5.74) is 0.612. The summed E-state index contributed by atoms with van der Waals surface area (Å²) >= 11 is 1.39. The second-order valence-electron chi connectivity index (χ2n) is 6.17. The zero-order valence-electron chi connectivity index (χ0n) is 15.6. The zero-order valence-corrected chi connectivity index (χ0v) is 16.4. The van der Waals surface area contributed by atoms with Crippen molar-refractivity contribution < 1.29 is 14.3 Å². The highest BCUT2D eigenvalue weighted by Crippen LogP contribution is 2.29. The molecule has 0 aliphatic carbocycles. The van der Waals surface area contributed by atoms with Crippen LogP contribution in [0.25, 0.3) is 0 Å². The van der Waals surface area contributed by atoms with Crippen molar-refractivity contribution in [1.82, 2.24) is 9.97 Å². The SMILES string of the molecule is COc1ccc(NC(=O)CSc2cc(N3CCCCC3)ncn2)c(OC)c1. The fourth-order valence-electron chi connectivity index (χ4n) is 2.93. The van der Waals surface area contributed by atoms with E-state index in [0.29, 0.717) is 17.2 Å². The van der Waals surface area contributed by atoms with Crippen molar-refractivity contribution in [3.05, 3.63) is 30.6 Å². The van der Waals surface area contributed by atoms with E-state index in [-0.39, 0.29) is 11.7 Å². The predicted octanol–water partition coefficient (Wildman–Crippen LogP) is 3.21. The van der Waals surface area contributed by atoms with Crippen LogP contribution in [0.1, 0.15) is 19.3 Å². The highest BCUT2D eigenvalue weighted by atomic mass is 32.2. The second kappa shape index (κ2) is 9.45. The molecule has 1 aliphatic rings. The van der Waals surface area contributed by atoms with Gasteiger partial charge in [-0.3, -0.25) is 4.79 Å². The maximum Gasteiger partial charge on any atom is 0.234 e. The molecule has 1 saturated heterocycles. The Morgan fingerprint density at radius 1 is 1.15 bits per heavy atom. The number of aromatic nitrogens is 2. The minimum Gasteiger partial charge on any atom is -0.497 e. The van der Waals surface area contributed by atoms with E-state index in [1.165, 1.54) is 31.0 Å². The number of piperidine rings is 1. The number of methoxy groups -OCH3 is 2. The molecule has 8 heteroatoms. The maximum absolute atomic E-state index is 12.3. The lowest BCUT2D eigenvalue weighted by atomic mass is 10.1. The second-order valence-corrected chi connectivity index (χ2v) is 7.16. The first-order chi connectivity index (χ1) is 13.2. The molecule has 1 N–H and O–H groups in total. The van der Waals surface area contributed by atoms with E-state index in [1.54, 1.807) is 38.7 Å². The van der Waals surface area contributed by atoms with Crippen LogP contribution >= 0.6 is 11.8 Å². The number of nitrogens with one attached hydrogen (secondary N) is 1. The minimum atomic E-state index is -0.124. The number of hydrogen-bond donors (Lipinski definition) is 1. The molecule has 0 bridgehead atoms. The molecule has 1 amide bonds. The van der Waals surface area contributed by atoms with Crippen LogP contribution in [-0.2, 0) is 4.79 Å². The molecule has 27 heavy (non-hydrogen) atoms. The van der Waals surface area contributed by atoms with Gasteiger partial charge < -0.3 is 19.7 Å². The third-order valence-electron chi connectivity index (χ3n) is 4.34. The van der Waals surface area contributed by atoms with Gasteiger partial charge in [0.15, 0.2) is 0 Å². The van der Waals surface area contributed by atoms with Crippen molar-refractivity contribution in [2.45, 2.75) is 24.3 Å². The third-order valence-corrected chi connectivity index (χ3v) is 5.27. The number of hydrogen-bond acceptors (Lipinski definition) is 7. The van der Waals surface area contributed by atoms with Crippen molar-refractivity contribution >= 4 is 29.2 Å². The Hall–Kier alpha value is -2.48. The number of ether oxygens (including phenoxy) is 2. The topological polar surface area (TPSA) is 76.6 Å². The molecule has 7 nitrogen and oxygen atoms in total. The van der Waals surface area contributed by atoms with E-state index in [2.05, 4.69) is 20.2 Å². The van der Waals surface area contributed by atoms with Gasteiger partial charge in [0, 0.05) is 25.2 Å². The van der Waals surface area contributed by atoms with E-state index < -0.39 is 0 Å². The molecule has 1 fully saturated rings. The Bertz CT molecular complexity index is 781. The molecule has 2 aromatic rings. The number of benzene rings is 1. The summed E-state index contributed by atoms with van der Waals surface area (Å²) < 4.78 is 10.5. The van der Waals surface area contributed by atoms with E-state index in [1.807, 2.05) is 6.07 Å². The van der Waals surface area contributed by atoms with Gasteiger partial charge >= 0.3 is 0 Å². The van der Waals surface area contributed by atoms with E-state index >= 15 is 0 Å². The number of anilines is 2. The van der Waals surface area contributed by atoms with Crippen LogP contribution in [0.2, 0.25) is 0 Å². The Labute approximate surface area is 163 Å². The van der Waals surface area contributed by atoms with Crippen molar-refractivity contribution in [3.63, 3.8) is 0 Å². The monoisotopic (exact) mass is 388 g/mol. The number of thioether (sulfide) groups is 1. The minimum absolute atomic E-state index is 0.124. The van der Waals surface area contributed by atoms with Gasteiger partial charge in [0.25, 0.3) is 0 Å². The first-order valence-electron chi connectivity index (χ1n) is 8.91. The summed E-state index contributed by atoms with van der Waals surface area (Å²) in [6.07, 6.45) is 5.23. The quantitative estimate of drug-likeness (QED) is 0.576. The molecule has 2 heterocycles. The van der Waals surface area contributed by atoms with Crippen LogP contribution in [0, 0.1) is 0 Å². The zero-order chi connectivity index (χ0) is 19.1. The summed E-state index contributed by atoms with van der Waals surface area (Å²) in [4.78, 5) is 23.2. The van der Waals surface area contributed by atoms with Crippen LogP contribution in [0.4, 0.5) is 11.5 Å². The highest BCUT2D eigenvalue weighted by Gasteiger charge is 2.14. The number of amides is 1. The van der Waals surface area contributed by atoms with Crippen molar-refractivity contribution in [2.24, 2.45) is 0 Å².